The summed E-state index contributed by atoms with van der Waals surface area (Å²) in [6.45, 7) is -0.256. The van der Waals surface area contributed by atoms with Crippen LogP contribution >= 0.6 is 22.9 Å². The number of rotatable bonds is 5. The first kappa shape index (κ1) is 22.6. The highest BCUT2D eigenvalue weighted by Gasteiger charge is 2.23. The van der Waals surface area contributed by atoms with Crippen LogP contribution in [0.4, 0.5) is 10.1 Å². The highest BCUT2D eigenvalue weighted by molar-refractivity contribution is 7.18. The van der Waals surface area contributed by atoms with Crippen molar-refractivity contribution in [3.8, 4) is 17.1 Å². The maximum atomic E-state index is 13.7. The summed E-state index contributed by atoms with van der Waals surface area (Å²) < 4.78 is 20.2. The highest BCUT2D eigenvalue weighted by Crippen LogP contribution is 2.35. The van der Waals surface area contributed by atoms with Crippen LogP contribution in [-0.4, -0.2) is 22.6 Å². The van der Waals surface area contributed by atoms with Gasteiger partial charge in [0.15, 0.2) is 0 Å². The van der Waals surface area contributed by atoms with Gasteiger partial charge in [-0.3, -0.25) is 14.2 Å². The van der Waals surface area contributed by atoms with E-state index in [-0.39, 0.29) is 17.1 Å². The average Bonchev–Trinajstić information content (AvgIpc) is 3.22. The summed E-state index contributed by atoms with van der Waals surface area (Å²) in [5.41, 5.74) is 1.83. The summed E-state index contributed by atoms with van der Waals surface area (Å²) in [5.74, 6) is -0.0104. The molecular weight excluding hydrogens is 477 g/mol. The van der Waals surface area contributed by atoms with Crippen molar-refractivity contribution >= 4 is 44.7 Å². The van der Waals surface area contributed by atoms with E-state index in [1.807, 2.05) is 12.1 Å². The van der Waals surface area contributed by atoms with Crippen LogP contribution < -0.4 is 15.6 Å². The zero-order valence-corrected chi connectivity index (χ0v) is 19.9. The zero-order chi connectivity index (χ0) is 23.8. The Bertz CT molecular complexity index is 1480. The number of fused-ring (bicyclic) bond motifs is 3. The van der Waals surface area contributed by atoms with Crippen molar-refractivity contribution in [2.75, 3.05) is 12.4 Å². The number of aromatic nitrogens is 2. The van der Waals surface area contributed by atoms with Crippen molar-refractivity contribution in [2.24, 2.45) is 0 Å². The van der Waals surface area contributed by atoms with E-state index < -0.39 is 11.7 Å². The number of carbonyl (C=O) groups excluding carboxylic acids is 1. The van der Waals surface area contributed by atoms with Gasteiger partial charge in [0.2, 0.25) is 5.91 Å². The molecule has 0 radical (unpaired) electrons. The quantitative estimate of drug-likeness (QED) is 0.398. The molecule has 0 saturated heterocycles. The van der Waals surface area contributed by atoms with Gasteiger partial charge in [0.05, 0.1) is 17.5 Å². The Morgan fingerprint density at radius 3 is 2.85 bits per heavy atom. The number of carbonyl (C=O) groups is 1. The second-order valence-corrected chi connectivity index (χ2v) is 9.62. The third kappa shape index (κ3) is 4.19. The molecule has 0 fully saturated rings. The van der Waals surface area contributed by atoms with Crippen molar-refractivity contribution in [2.45, 2.75) is 32.2 Å². The molecule has 1 aliphatic rings. The van der Waals surface area contributed by atoms with E-state index in [2.05, 4.69) is 5.32 Å². The summed E-state index contributed by atoms with van der Waals surface area (Å²) in [7, 11) is 1.57. The summed E-state index contributed by atoms with van der Waals surface area (Å²) in [4.78, 5) is 33.4. The Hall–Kier alpha value is -3.23. The molecule has 6 nitrogen and oxygen atoms in total. The van der Waals surface area contributed by atoms with Crippen LogP contribution in [0.5, 0.6) is 5.75 Å². The van der Waals surface area contributed by atoms with Crippen LogP contribution in [0.25, 0.3) is 21.6 Å². The van der Waals surface area contributed by atoms with E-state index >= 15 is 0 Å². The number of anilines is 1. The molecule has 0 atom stereocenters. The average molecular weight is 498 g/mol. The molecule has 4 aromatic rings. The van der Waals surface area contributed by atoms with Crippen molar-refractivity contribution in [3.05, 3.63) is 74.1 Å². The lowest BCUT2D eigenvalue weighted by molar-refractivity contribution is -0.116. The third-order valence-electron chi connectivity index (χ3n) is 5.91. The summed E-state index contributed by atoms with van der Waals surface area (Å²) in [6.07, 6.45) is 3.91. The van der Waals surface area contributed by atoms with Gasteiger partial charge in [0.25, 0.3) is 5.56 Å². The first-order chi connectivity index (χ1) is 16.4. The molecule has 0 aliphatic heterocycles. The summed E-state index contributed by atoms with van der Waals surface area (Å²) >= 11 is 7.39. The number of nitrogens with zero attached hydrogens (tertiary/aromatic N) is 2. The maximum Gasteiger partial charge on any atom is 0.263 e. The lowest BCUT2D eigenvalue weighted by Crippen LogP contribution is -2.30. The van der Waals surface area contributed by atoms with E-state index in [0.717, 1.165) is 31.2 Å². The number of halogens is 2. The van der Waals surface area contributed by atoms with Gasteiger partial charge in [0.1, 0.15) is 28.8 Å². The number of hydrogen-bond acceptors (Lipinski definition) is 5. The molecule has 2 aromatic carbocycles. The van der Waals surface area contributed by atoms with Crippen molar-refractivity contribution < 1.29 is 13.9 Å². The lowest BCUT2D eigenvalue weighted by atomic mass is 9.97. The Morgan fingerprint density at radius 1 is 1.24 bits per heavy atom. The van der Waals surface area contributed by atoms with Gasteiger partial charge in [-0.1, -0.05) is 23.7 Å². The smallest absolute Gasteiger partial charge is 0.263 e. The second kappa shape index (κ2) is 9.19. The van der Waals surface area contributed by atoms with Crippen LogP contribution in [0.2, 0.25) is 5.02 Å². The van der Waals surface area contributed by atoms with E-state index in [1.165, 1.54) is 27.6 Å². The fourth-order valence-electron chi connectivity index (χ4n) is 4.29. The van der Waals surface area contributed by atoms with Gasteiger partial charge in [-0.05, 0) is 61.6 Å². The van der Waals surface area contributed by atoms with Crippen molar-refractivity contribution in [1.82, 2.24) is 9.55 Å². The minimum atomic E-state index is -0.576. The summed E-state index contributed by atoms with van der Waals surface area (Å²) in [6, 6.07) is 11.2. The van der Waals surface area contributed by atoms with Crippen molar-refractivity contribution in [3.63, 3.8) is 0 Å². The number of ether oxygens (including phenoxy) is 1. The van der Waals surface area contributed by atoms with Gasteiger partial charge in [-0.2, -0.15) is 0 Å². The molecule has 0 saturated carbocycles. The Balaban J connectivity index is 1.61. The van der Waals surface area contributed by atoms with Gasteiger partial charge in [0, 0.05) is 16.1 Å². The Morgan fingerprint density at radius 2 is 2.06 bits per heavy atom. The molecule has 2 heterocycles. The fraction of sp³-hybridized carbons (Fsp3) is 0.240. The largest absolute Gasteiger partial charge is 0.497 e. The molecule has 0 bridgehead atoms. The van der Waals surface area contributed by atoms with Crippen LogP contribution in [-0.2, 0) is 24.2 Å². The second-order valence-electron chi connectivity index (χ2n) is 8.13. The Kier molecular flexibility index (Phi) is 6.10. The van der Waals surface area contributed by atoms with Crippen LogP contribution in [0.15, 0.2) is 47.3 Å². The minimum Gasteiger partial charge on any atom is -0.497 e. The van der Waals surface area contributed by atoms with Gasteiger partial charge >= 0.3 is 0 Å². The minimum absolute atomic E-state index is 0.0972. The van der Waals surface area contributed by atoms with E-state index in [1.54, 1.807) is 30.6 Å². The molecule has 0 unspecified atom stereocenters. The van der Waals surface area contributed by atoms with Crippen molar-refractivity contribution in [1.29, 1.82) is 0 Å². The first-order valence-corrected chi connectivity index (χ1v) is 12.1. The predicted molar refractivity (Wildman–Crippen MR) is 133 cm³/mol. The number of benzene rings is 2. The molecule has 1 aliphatic carbocycles. The molecule has 1 amide bonds. The van der Waals surface area contributed by atoms with Gasteiger partial charge < -0.3 is 10.1 Å². The molecule has 34 heavy (non-hydrogen) atoms. The van der Waals surface area contributed by atoms with E-state index in [0.29, 0.717) is 33.0 Å². The molecule has 9 heteroatoms. The van der Waals surface area contributed by atoms with E-state index in [4.69, 9.17) is 21.3 Å². The monoisotopic (exact) mass is 497 g/mol. The third-order valence-corrected chi connectivity index (χ3v) is 7.38. The van der Waals surface area contributed by atoms with Gasteiger partial charge in [-0.15, -0.1) is 11.3 Å². The molecule has 0 spiro atoms. The standard InChI is InChI=1S/C25H21ClFN3O3S/c1-33-16-6-4-5-14(11-16)23-29-24-22(17-7-2-3-8-20(17)34-24)25(32)30(23)13-21(31)28-15-9-10-19(27)18(26)12-15/h4-6,9-12H,2-3,7-8,13H2,1H3,(H,28,31). The maximum absolute atomic E-state index is 13.7. The van der Waals surface area contributed by atoms with Crippen LogP contribution in [0, 0.1) is 5.82 Å². The number of thiophene rings is 1. The number of amides is 1. The molecule has 2 aromatic heterocycles. The van der Waals surface area contributed by atoms with Gasteiger partial charge in [-0.25, -0.2) is 9.37 Å². The normalized spacial score (nSPS) is 13.0. The number of hydrogen-bond donors (Lipinski definition) is 1. The summed E-state index contributed by atoms with van der Waals surface area (Å²) in [5, 5.41) is 3.20. The fourth-order valence-corrected chi connectivity index (χ4v) is 5.72. The predicted octanol–water partition coefficient (Wildman–Crippen LogP) is 5.44. The lowest BCUT2D eigenvalue weighted by Gasteiger charge is -2.15. The number of methoxy groups -OCH3 is 1. The zero-order valence-electron chi connectivity index (χ0n) is 18.4. The number of aryl methyl sites for hydroxylation is 2. The van der Waals surface area contributed by atoms with Crippen LogP contribution in [0.1, 0.15) is 23.3 Å². The molecule has 5 rings (SSSR count). The van der Waals surface area contributed by atoms with Crippen LogP contribution in [0.3, 0.4) is 0 Å². The Labute approximate surface area is 204 Å². The highest BCUT2D eigenvalue weighted by atomic mass is 35.5. The topological polar surface area (TPSA) is 73.2 Å². The molecule has 1 N–H and O–H groups in total. The SMILES string of the molecule is COc1cccc(-c2nc3sc4c(c3c(=O)n2CC(=O)Nc2ccc(F)c(Cl)c2)CCCC4)c1. The molecule has 174 valence electrons. The molecular formula is C25H21ClFN3O3S. The van der Waals surface area contributed by atoms with E-state index in [9.17, 15) is 14.0 Å². The first-order valence-electron chi connectivity index (χ1n) is 10.9. The number of nitrogens with one attached hydrogen (secondary N) is 1.